The van der Waals surface area contributed by atoms with E-state index in [2.05, 4.69) is 10.6 Å². The van der Waals surface area contributed by atoms with Crippen molar-refractivity contribution in [1.29, 1.82) is 0 Å². The van der Waals surface area contributed by atoms with E-state index < -0.39 is 29.2 Å². The fourth-order valence-electron chi connectivity index (χ4n) is 1.84. The molecule has 19 heavy (non-hydrogen) atoms. The van der Waals surface area contributed by atoms with Gasteiger partial charge in [-0.15, -0.1) is 0 Å². The van der Waals surface area contributed by atoms with E-state index in [1.54, 1.807) is 0 Å². The summed E-state index contributed by atoms with van der Waals surface area (Å²) in [5.41, 5.74) is -0.632. The second-order valence-corrected chi connectivity index (χ2v) is 4.19. The van der Waals surface area contributed by atoms with E-state index in [9.17, 15) is 18.0 Å². The first kappa shape index (κ1) is 13.7. The average Bonchev–Trinajstić information content (AvgIpc) is 2.62. The van der Waals surface area contributed by atoms with Crippen molar-refractivity contribution in [2.24, 2.45) is 0 Å². The first-order valence-corrected chi connectivity index (χ1v) is 5.91. The summed E-state index contributed by atoms with van der Waals surface area (Å²) in [6, 6.07) is 0.439. The highest BCUT2D eigenvalue weighted by atomic mass is 19.1. The molecule has 1 heterocycles. The molecule has 1 radical (unpaired) electrons. The Hall–Kier alpha value is -1.76. The van der Waals surface area contributed by atoms with Gasteiger partial charge in [-0.2, -0.15) is 0 Å². The second kappa shape index (κ2) is 5.92. The van der Waals surface area contributed by atoms with Crippen LogP contribution in [0.3, 0.4) is 0 Å². The van der Waals surface area contributed by atoms with E-state index in [1.165, 1.54) is 4.90 Å². The summed E-state index contributed by atoms with van der Waals surface area (Å²) >= 11 is 0. The van der Waals surface area contributed by atoms with Crippen LogP contribution in [0.1, 0.15) is 6.42 Å². The number of halogens is 3. The van der Waals surface area contributed by atoms with Gasteiger partial charge >= 0.3 is 6.03 Å². The van der Waals surface area contributed by atoms with E-state index in [0.29, 0.717) is 44.7 Å². The molecule has 4 nitrogen and oxygen atoms in total. The summed E-state index contributed by atoms with van der Waals surface area (Å²) in [6.45, 7) is 2.04. The first-order chi connectivity index (χ1) is 9.08. The lowest BCUT2D eigenvalue weighted by atomic mass is 10.3. The predicted octanol–water partition coefficient (Wildman–Crippen LogP) is 1.95. The zero-order valence-corrected chi connectivity index (χ0v) is 10.1. The molecule has 0 saturated carbocycles. The van der Waals surface area contributed by atoms with E-state index in [0.717, 1.165) is 0 Å². The van der Waals surface area contributed by atoms with Gasteiger partial charge in [0.2, 0.25) is 0 Å². The number of anilines is 1. The molecule has 0 aliphatic carbocycles. The molecular formula is C12H13F3N3O. The molecule has 1 aliphatic heterocycles. The van der Waals surface area contributed by atoms with Crippen LogP contribution < -0.4 is 10.6 Å². The van der Waals surface area contributed by atoms with Gasteiger partial charge in [0.25, 0.3) is 0 Å². The summed E-state index contributed by atoms with van der Waals surface area (Å²) in [5.74, 6) is -3.29. The van der Waals surface area contributed by atoms with Crippen LogP contribution in [0.25, 0.3) is 0 Å². The molecule has 7 heteroatoms. The van der Waals surface area contributed by atoms with Crippen LogP contribution in [0.5, 0.6) is 0 Å². The number of nitrogens with one attached hydrogen (secondary N) is 1. The summed E-state index contributed by atoms with van der Waals surface area (Å²) in [6.07, 6.45) is 0.710. The Labute approximate surface area is 108 Å². The van der Waals surface area contributed by atoms with Crippen molar-refractivity contribution in [2.75, 3.05) is 31.5 Å². The minimum absolute atomic E-state index is 0.399. The highest BCUT2D eigenvalue weighted by Crippen LogP contribution is 2.20. The van der Waals surface area contributed by atoms with Crippen molar-refractivity contribution in [3.63, 3.8) is 0 Å². The fourth-order valence-corrected chi connectivity index (χ4v) is 1.84. The number of nitrogens with zero attached hydrogens (tertiary/aromatic N) is 2. The third-order valence-electron chi connectivity index (χ3n) is 2.80. The van der Waals surface area contributed by atoms with Crippen molar-refractivity contribution in [3.05, 3.63) is 29.6 Å². The average molecular weight is 272 g/mol. The summed E-state index contributed by atoms with van der Waals surface area (Å²) in [5, 5.41) is 6.27. The second-order valence-electron chi connectivity index (χ2n) is 4.19. The Morgan fingerprint density at radius 3 is 2.53 bits per heavy atom. The highest BCUT2D eigenvalue weighted by molar-refractivity contribution is 5.89. The Bertz CT molecular complexity index is 450. The van der Waals surface area contributed by atoms with Gasteiger partial charge in [0.05, 0.1) is 0 Å². The minimum Gasteiger partial charge on any atom is -0.323 e. The van der Waals surface area contributed by atoms with Gasteiger partial charge in [-0.1, -0.05) is 0 Å². The molecule has 0 aromatic heterocycles. The SMILES string of the molecule is O=C(Nc1c(F)cc(F)cc1F)N1CCC[N]CC1. The van der Waals surface area contributed by atoms with Crippen molar-refractivity contribution < 1.29 is 18.0 Å². The maximum atomic E-state index is 13.4. The Kier molecular flexibility index (Phi) is 4.26. The quantitative estimate of drug-likeness (QED) is 0.834. The lowest BCUT2D eigenvalue weighted by molar-refractivity contribution is 0.215. The molecule has 2 rings (SSSR count). The van der Waals surface area contributed by atoms with E-state index in [1.807, 2.05) is 0 Å². The standard InChI is InChI=1S/C12H13F3N3O/c13-8-6-9(14)11(10(15)7-8)17-12(19)18-4-1-2-16-3-5-18/h6-7H,1-5H2,(H,17,19). The number of benzene rings is 1. The third kappa shape index (κ3) is 3.37. The van der Waals surface area contributed by atoms with Crippen LogP contribution >= 0.6 is 0 Å². The molecule has 1 N–H and O–H groups in total. The van der Waals surface area contributed by atoms with Crippen molar-refractivity contribution in [3.8, 4) is 0 Å². The van der Waals surface area contributed by atoms with Crippen LogP contribution in [-0.2, 0) is 0 Å². The van der Waals surface area contributed by atoms with Crippen LogP contribution in [0.15, 0.2) is 12.1 Å². The van der Waals surface area contributed by atoms with Gasteiger partial charge < -0.3 is 10.2 Å². The highest BCUT2D eigenvalue weighted by Gasteiger charge is 2.19. The van der Waals surface area contributed by atoms with Gasteiger partial charge in [0.1, 0.15) is 11.5 Å². The molecule has 1 aliphatic rings. The molecule has 0 unspecified atom stereocenters. The molecule has 1 fully saturated rings. The molecule has 0 spiro atoms. The fraction of sp³-hybridized carbons (Fsp3) is 0.417. The van der Waals surface area contributed by atoms with Gasteiger partial charge in [-0.05, 0) is 6.42 Å². The molecule has 103 valence electrons. The van der Waals surface area contributed by atoms with Crippen molar-refractivity contribution in [2.45, 2.75) is 6.42 Å². The van der Waals surface area contributed by atoms with Crippen LogP contribution in [0, 0.1) is 17.5 Å². The normalized spacial score (nSPS) is 16.1. The summed E-state index contributed by atoms with van der Waals surface area (Å²) in [4.78, 5) is 13.3. The monoisotopic (exact) mass is 272 g/mol. The van der Waals surface area contributed by atoms with E-state index in [4.69, 9.17) is 0 Å². The van der Waals surface area contributed by atoms with E-state index >= 15 is 0 Å². The molecule has 2 amide bonds. The van der Waals surface area contributed by atoms with E-state index in [-0.39, 0.29) is 0 Å². The van der Waals surface area contributed by atoms with Gasteiger partial charge in [0, 0.05) is 38.3 Å². The number of carbonyl (C=O) groups excluding carboxylic acids is 1. The Morgan fingerprint density at radius 2 is 1.84 bits per heavy atom. The smallest absolute Gasteiger partial charge is 0.322 e. The molecule has 0 atom stereocenters. The van der Waals surface area contributed by atoms with Crippen LogP contribution in [0.4, 0.5) is 23.7 Å². The number of urea groups is 1. The summed E-state index contributed by atoms with van der Waals surface area (Å²) < 4.78 is 39.5. The number of hydrogen-bond acceptors (Lipinski definition) is 1. The topological polar surface area (TPSA) is 46.4 Å². The number of carbonyl (C=O) groups is 1. The zero-order valence-electron chi connectivity index (χ0n) is 10.1. The first-order valence-electron chi connectivity index (χ1n) is 5.91. The van der Waals surface area contributed by atoms with Gasteiger partial charge in [-0.25, -0.2) is 23.3 Å². The van der Waals surface area contributed by atoms with Crippen molar-refractivity contribution >= 4 is 11.7 Å². The molecule has 1 aromatic rings. The molecule has 1 aromatic carbocycles. The van der Waals surface area contributed by atoms with Crippen molar-refractivity contribution in [1.82, 2.24) is 10.2 Å². The summed E-state index contributed by atoms with van der Waals surface area (Å²) in [7, 11) is 0. The zero-order chi connectivity index (χ0) is 13.8. The predicted molar refractivity (Wildman–Crippen MR) is 63.4 cm³/mol. The van der Waals surface area contributed by atoms with Crippen LogP contribution in [0.2, 0.25) is 0 Å². The molecule has 1 saturated heterocycles. The molecule has 0 bridgehead atoms. The van der Waals surface area contributed by atoms with Crippen LogP contribution in [-0.4, -0.2) is 37.1 Å². The van der Waals surface area contributed by atoms with Gasteiger partial charge in [-0.3, -0.25) is 0 Å². The minimum atomic E-state index is -1.13. The Morgan fingerprint density at radius 1 is 1.16 bits per heavy atom. The lowest BCUT2D eigenvalue weighted by Crippen LogP contribution is -2.37. The number of rotatable bonds is 1. The maximum Gasteiger partial charge on any atom is 0.322 e. The lowest BCUT2D eigenvalue weighted by Gasteiger charge is -2.20. The third-order valence-corrected chi connectivity index (χ3v) is 2.80. The maximum absolute atomic E-state index is 13.4. The molecular weight excluding hydrogens is 259 g/mol. The Balaban J connectivity index is 2.10. The largest absolute Gasteiger partial charge is 0.323 e. The van der Waals surface area contributed by atoms with Gasteiger partial charge in [0.15, 0.2) is 11.6 Å². The number of hydrogen-bond donors (Lipinski definition) is 1. The number of amides is 2.